The highest BCUT2D eigenvalue weighted by Crippen LogP contribution is 2.21. The third-order valence-electron chi connectivity index (χ3n) is 3.82. The van der Waals surface area contributed by atoms with Crippen molar-refractivity contribution in [1.29, 1.82) is 0 Å². The first-order valence-electron chi connectivity index (χ1n) is 7.50. The van der Waals surface area contributed by atoms with Gasteiger partial charge in [-0.1, -0.05) is 12.1 Å². The third kappa shape index (κ3) is 3.34. The Morgan fingerprint density at radius 3 is 2.52 bits per heavy atom. The standard InChI is InChI=1S/C18H20N4O/c1-21(2)18(23)10-13-4-6-14(7-5-13)20-15-8-9-17-16(11-15)19-12-22(17)3/h4-9,11-12,20H,10H2,1-3H3. The molecule has 0 fully saturated rings. The fourth-order valence-corrected chi connectivity index (χ4v) is 2.42. The van der Waals surface area contributed by atoms with Gasteiger partial charge in [-0.25, -0.2) is 4.98 Å². The Hall–Kier alpha value is -2.82. The average Bonchev–Trinajstić information content (AvgIpc) is 2.90. The molecule has 0 atom stereocenters. The summed E-state index contributed by atoms with van der Waals surface area (Å²) in [6.07, 6.45) is 2.23. The van der Waals surface area contributed by atoms with Gasteiger partial charge >= 0.3 is 0 Å². The van der Waals surface area contributed by atoms with Gasteiger partial charge < -0.3 is 14.8 Å². The van der Waals surface area contributed by atoms with Crippen molar-refractivity contribution >= 4 is 28.3 Å². The topological polar surface area (TPSA) is 50.2 Å². The van der Waals surface area contributed by atoms with Crippen molar-refractivity contribution in [1.82, 2.24) is 14.5 Å². The van der Waals surface area contributed by atoms with E-state index in [1.165, 1.54) is 0 Å². The maximum absolute atomic E-state index is 11.7. The molecule has 0 spiro atoms. The number of anilines is 2. The Kier molecular flexibility index (Phi) is 4.02. The Labute approximate surface area is 135 Å². The van der Waals surface area contributed by atoms with Crippen molar-refractivity contribution in [2.45, 2.75) is 6.42 Å². The number of aromatic nitrogens is 2. The highest BCUT2D eigenvalue weighted by molar-refractivity contribution is 5.81. The summed E-state index contributed by atoms with van der Waals surface area (Å²) in [5.41, 5.74) is 5.06. The number of nitrogens with one attached hydrogen (secondary N) is 1. The van der Waals surface area contributed by atoms with Gasteiger partial charge in [0.15, 0.2) is 0 Å². The Bertz CT molecular complexity index is 834. The number of likely N-dealkylation sites (N-methyl/N-ethyl adjacent to an activating group) is 1. The van der Waals surface area contributed by atoms with E-state index in [0.29, 0.717) is 6.42 Å². The zero-order chi connectivity index (χ0) is 16.4. The molecular weight excluding hydrogens is 288 g/mol. The van der Waals surface area contributed by atoms with Crippen LogP contribution in [0.3, 0.4) is 0 Å². The summed E-state index contributed by atoms with van der Waals surface area (Å²) < 4.78 is 2.00. The van der Waals surface area contributed by atoms with E-state index in [2.05, 4.69) is 16.4 Å². The van der Waals surface area contributed by atoms with E-state index >= 15 is 0 Å². The molecule has 23 heavy (non-hydrogen) atoms. The van der Waals surface area contributed by atoms with Crippen LogP contribution in [-0.2, 0) is 18.3 Å². The number of imidazole rings is 1. The highest BCUT2D eigenvalue weighted by Gasteiger charge is 2.06. The minimum Gasteiger partial charge on any atom is -0.355 e. The quantitative estimate of drug-likeness (QED) is 0.806. The smallest absolute Gasteiger partial charge is 0.226 e. The SMILES string of the molecule is CN(C)C(=O)Cc1ccc(Nc2ccc3c(c2)ncn3C)cc1. The summed E-state index contributed by atoms with van der Waals surface area (Å²) in [6, 6.07) is 14.0. The first-order chi connectivity index (χ1) is 11.0. The van der Waals surface area contributed by atoms with E-state index in [0.717, 1.165) is 28.0 Å². The molecule has 1 amide bonds. The second-order valence-corrected chi connectivity index (χ2v) is 5.85. The fraction of sp³-hybridized carbons (Fsp3) is 0.222. The summed E-state index contributed by atoms with van der Waals surface area (Å²) in [5, 5.41) is 3.36. The van der Waals surface area contributed by atoms with E-state index in [9.17, 15) is 4.79 Å². The Balaban J connectivity index is 1.73. The van der Waals surface area contributed by atoms with Crippen LogP contribution in [-0.4, -0.2) is 34.5 Å². The molecule has 5 nitrogen and oxygen atoms in total. The van der Waals surface area contributed by atoms with Crippen LogP contribution in [0.4, 0.5) is 11.4 Å². The average molecular weight is 308 g/mol. The van der Waals surface area contributed by atoms with Crippen LogP contribution >= 0.6 is 0 Å². The number of carbonyl (C=O) groups is 1. The van der Waals surface area contributed by atoms with Crippen molar-refractivity contribution in [2.24, 2.45) is 7.05 Å². The first-order valence-corrected chi connectivity index (χ1v) is 7.50. The molecule has 3 aromatic rings. The predicted octanol–water partition coefficient (Wildman–Crippen LogP) is 2.95. The lowest BCUT2D eigenvalue weighted by Gasteiger charge is -2.11. The Morgan fingerprint density at radius 1 is 1.13 bits per heavy atom. The summed E-state index contributed by atoms with van der Waals surface area (Å²) in [7, 11) is 5.52. The molecule has 118 valence electrons. The van der Waals surface area contributed by atoms with Crippen molar-refractivity contribution in [3.63, 3.8) is 0 Å². The van der Waals surface area contributed by atoms with Gasteiger partial charge in [0.1, 0.15) is 0 Å². The summed E-state index contributed by atoms with van der Waals surface area (Å²) >= 11 is 0. The van der Waals surface area contributed by atoms with Crippen LogP contribution in [0.1, 0.15) is 5.56 Å². The summed E-state index contributed by atoms with van der Waals surface area (Å²) in [4.78, 5) is 17.7. The van der Waals surface area contributed by atoms with Gasteiger partial charge in [0.05, 0.1) is 23.8 Å². The fourth-order valence-electron chi connectivity index (χ4n) is 2.42. The number of aryl methyl sites for hydroxylation is 1. The van der Waals surface area contributed by atoms with Crippen LogP contribution in [0.15, 0.2) is 48.8 Å². The molecule has 3 rings (SSSR count). The van der Waals surface area contributed by atoms with Gasteiger partial charge in [-0.05, 0) is 35.9 Å². The van der Waals surface area contributed by atoms with Crippen molar-refractivity contribution in [3.8, 4) is 0 Å². The molecule has 1 N–H and O–H groups in total. The molecule has 0 aliphatic rings. The predicted molar refractivity (Wildman–Crippen MR) is 92.8 cm³/mol. The monoisotopic (exact) mass is 308 g/mol. The van der Waals surface area contributed by atoms with Crippen LogP contribution in [0.25, 0.3) is 11.0 Å². The zero-order valence-electron chi connectivity index (χ0n) is 13.6. The lowest BCUT2D eigenvalue weighted by atomic mass is 10.1. The van der Waals surface area contributed by atoms with Gasteiger partial charge in [0.2, 0.25) is 5.91 Å². The van der Waals surface area contributed by atoms with E-state index in [4.69, 9.17) is 0 Å². The highest BCUT2D eigenvalue weighted by atomic mass is 16.2. The van der Waals surface area contributed by atoms with Crippen LogP contribution < -0.4 is 5.32 Å². The maximum atomic E-state index is 11.7. The largest absolute Gasteiger partial charge is 0.355 e. The minimum absolute atomic E-state index is 0.103. The number of benzene rings is 2. The second kappa shape index (κ2) is 6.12. The van der Waals surface area contributed by atoms with E-state index in [1.807, 2.05) is 54.3 Å². The van der Waals surface area contributed by atoms with Crippen molar-refractivity contribution in [3.05, 3.63) is 54.4 Å². The third-order valence-corrected chi connectivity index (χ3v) is 3.82. The van der Waals surface area contributed by atoms with Crippen molar-refractivity contribution < 1.29 is 4.79 Å². The van der Waals surface area contributed by atoms with Gasteiger partial charge in [-0.3, -0.25) is 4.79 Å². The molecule has 2 aromatic carbocycles. The van der Waals surface area contributed by atoms with E-state index in [-0.39, 0.29) is 5.91 Å². The normalized spacial score (nSPS) is 10.7. The Morgan fingerprint density at radius 2 is 1.83 bits per heavy atom. The van der Waals surface area contributed by atoms with Crippen LogP contribution in [0, 0.1) is 0 Å². The molecule has 0 unspecified atom stereocenters. The minimum atomic E-state index is 0.103. The molecule has 0 aliphatic carbocycles. The summed E-state index contributed by atoms with van der Waals surface area (Å²) in [6.45, 7) is 0. The molecule has 5 heteroatoms. The van der Waals surface area contributed by atoms with Crippen LogP contribution in [0.2, 0.25) is 0 Å². The van der Waals surface area contributed by atoms with E-state index < -0.39 is 0 Å². The van der Waals surface area contributed by atoms with E-state index in [1.54, 1.807) is 19.0 Å². The lowest BCUT2D eigenvalue weighted by Crippen LogP contribution is -2.23. The number of amides is 1. The number of fused-ring (bicyclic) bond motifs is 1. The summed E-state index contributed by atoms with van der Waals surface area (Å²) in [5.74, 6) is 0.103. The lowest BCUT2D eigenvalue weighted by molar-refractivity contribution is -0.127. The van der Waals surface area contributed by atoms with Crippen molar-refractivity contribution in [2.75, 3.05) is 19.4 Å². The molecule has 1 heterocycles. The van der Waals surface area contributed by atoms with Gasteiger partial charge in [0, 0.05) is 32.5 Å². The molecule has 0 saturated carbocycles. The number of nitrogens with zero attached hydrogens (tertiary/aromatic N) is 3. The number of hydrogen-bond acceptors (Lipinski definition) is 3. The molecular formula is C18H20N4O. The number of hydrogen-bond donors (Lipinski definition) is 1. The first kappa shape index (κ1) is 15.1. The second-order valence-electron chi connectivity index (χ2n) is 5.85. The molecule has 1 aromatic heterocycles. The molecule has 0 saturated heterocycles. The molecule has 0 bridgehead atoms. The molecule has 0 aliphatic heterocycles. The number of rotatable bonds is 4. The van der Waals surface area contributed by atoms with Gasteiger partial charge in [-0.15, -0.1) is 0 Å². The number of carbonyl (C=O) groups excluding carboxylic acids is 1. The maximum Gasteiger partial charge on any atom is 0.226 e. The van der Waals surface area contributed by atoms with Gasteiger partial charge in [-0.2, -0.15) is 0 Å². The van der Waals surface area contributed by atoms with Crippen LogP contribution in [0.5, 0.6) is 0 Å². The zero-order valence-corrected chi connectivity index (χ0v) is 13.6. The van der Waals surface area contributed by atoms with Gasteiger partial charge in [0.25, 0.3) is 0 Å². The molecule has 0 radical (unpaired) electrons.